The largest absolute Gasteiger partial charge is 0.471 e. The number of rotatable bonds is 2. The Morgan fingerprint density at radius 3 is 2.69 bits per heavy atom. The summed E-state index contributed by atoms with van der Waals surface area (Å²) in [7, 11) is 0. The molecule has 0 spiro atoms. The molecule has 0 saturated heterocycles. The lowest BCUT2D eigenvalue weighted by Crippen LogP contribution is -2.30. The van der Waals surface area contributed by atoms with E-state index in [0.29, 0.717) is 4.34 Å². The van der Waals surface area contributed by atoms with Crippen molar-refractivity contribution in [1.82, 2.24) is 4.98 Å². The predicted octanol–water partition coefficient (Wildman–Crippen LogP) is 2.24. The lowest BCUT2D eigenvalue weighted by molar-refractivity contribution is -0.167. The molecule has 0 aliphatic rings. The van der Waals surface area contributed by atoms with Gasteiger partial charge in [0, 0.05) is 0 Å². The first-order chi connectivity index (χ1) is 7.38. The van der Waals surface area contributed by atoms with Gasteiger partial charge in [-0.1, -0.05) is 23.1 Å². The molecular weight excluding hydrogens is 263 g/mol. The van der Waals surface area contributed by atoms with Gasteiger partial charge in [-0.05, 0) is 6.26 Å². The summed E-state index contributed by atoms with van der Waals surface area (Å²) in [5, 5.41) is 10.2. The highest BCUT2D eigenvalue weighted by molar-refractivity contribution is 8.00. The van der Waals surface area contributed by atoms with Gasteiger partial charge in [0.1, 0.15) is 10.9 Å². The van der Waals surface area contributed by atoms with Gasteiger partial charge in [-0.3, -0.25) is 4.79 Å². The molecule has 9 heteroatoms. The molecular formula is C7H4F3N3OS2. The fraction of sp³-hybridized carbons (Fsp3) is 0.286. The first kappa shape index (κ1) is 12.8. The maximum Gasteiger partial charge on any atom is 0.471 e. The molecule has 0 aliphatic carbocycles. The Bertz CT molecular complexity index is 449. The summed E-state index contributed by atoms with van der Waals surface area (Å²) in [5.41, 5.74) is 0. The van der Waals surface area contributed by atoms with Crippen molar-refractivity contribution < 1.29 is 18.0 Å². The minimum Gasteiger partial charge on any atom is -0.301 e. The second-order valence-electron chi connectivity index (χ2n) is 2.43. The molecule has 0 radical (unpaired) electrons. The first-order valence-corrected chi connectivity index (χ1v) is 5.75. The SMILES string of the molecule is CSc1nc(NC(=O)C(F)(F)F)c(C#N)s1. The monoisotopic (exact) mass is 267 g/mol. The summed E-state index contributed by atoms with van der Waals surface area (Å²) in [6.07, 6.45) is -3.33. The number of thioether (sulfide) groups is 1. The topological polar surface area (TPSA) is 65.8 Å². The van der Waals surface area contributed by atoms with Crippen LogP contribution in [0.1, 0.15) is 4.88 Å². The fourth-order valence-electron chi connectivity index (χ4n) is 0.727. The predicted molar refractivity (Wildman–Crippen MR) is 53.3 cm³/mol. The molecule has 1 aromatic rings. The van der Waals surface area contributed by atoms with E-state index in [1.807, 2.05) is 0 Å². The van der Waals surface area contributed by atoms with Gasteiger partial charge in [-0.2, -0.15) is 18.4 Å². The van der Waals surface area contributed by atoms with Crippen molar-refractivity contribution in [3.63, 3.8) is 0 Å². The van der Waals surface area contributed by atoms with E-state index in [0.717, 1.165) is 11.3 Å². The number of nitrogens with one attached hydrogen (secondary N) is 1. The van der Waals surface area contributed by atoms with Crippen LogP contribution in [0.3, 0.4) is 0 Å². The summed E-state index contributed by atoms with van der Waals surface area (Å²) < 4.78 is 36.2. The Morgan fingerprint density at radius 1 is 1.62 bits per heavy atom. The summed E-state index contributed by atoms with van der Waals surface area (Å²) in [6, 6.07) is 1.67. The van der Waals surface area contributed by atoms with Crippen LogP contribution in [0.2, 0.25) is 0 Å². The standard InChI is InChI=1S/C7H4F3N3OS2/c1-15-6-13-4(3(2-11)16-6)12-5(14)7(8,9)10/h1H3,(H,12,14). The Hall–Kier alpha value is -1.27. The second-order valence-corrected chi connectivity index (χ2v) is 4.48. The van der Waals surface area contributed by atoms with Crippen LogP contribution in [0, 0.1) is 11.3 Å². The number of carbonyl (C=O) groups is 1. The number of nitriles is 1. The number of hydrogen-bond donors (Lipinski definition) is 1. The Kier molecular flexibility index (Phi) is 3.77. The van der Waals surface area contributed by atoms with Gasteiger partial charge in [0.2, 0.25) is 0 Å². The van der Waals surface area contributed by atoms with Crippen molar-refractivity contribution in [2.24, 2.45) is 0 Å². The smallest absolute Gasteiger partial charge is 0.301 e. The van der Waals surface area contributed by atoms with E-state index in [9.17, 15) is 18.0 Å². The highest BCUT2D eigenvalue weighted by Crippen LogP contribution is 2.29. The van der Waals surface area contributed by atoms with Crippen LogP contribution >= 0.6 is 23.1 Å². The number of hydrogen-bond acceptors (Lipinski definition) is 5. The van der Waals surface area contributed by atoms with Gasteiger partial charge in [0.15, 0.2) is 10.2 Å². The average molecular weight is 267 g/mol. The minimum absolute atomic E-state index is 0.0537. The van der Waals surface area contributed by atoms with Crippen LogP contribution in [-0.2, 0) is 4.79 Å². The molecule has 0 aliphatic heterocycles. The third-order valence-corrected chi connectivity index (χ3v) is 3.32. The van der Waals surface area contributed by atoms with Crippen LogP contribution < -0.4 is 5.32 Å². The fourth-order valence-corrected chi connectivity index (χ4v) is 2.04. The second kappa shape index (κ2) is 4.71. The minimum atomic E-state index is -4.99. The van der Waals surface area contributed by atoms with Crippen LogP contribution in [0.4, 0.5) is 19.0 Å². The number of nitrogens with zero attached hydrogens (tertiary/aromatic N) is 2. The number of anilines is 1. The number of carbonyl (C=O) groups excluding carboxylic acids is 1. The van der Waals surface area contributed by atoms with Gasteiger partial charge < -0.3 is 5.32 Å². The van der Waals surface area contributed by atoms with Gasteiger partial charge in [0.25, 0.3) is 0 Å². The molecule has 16 heavy (non-hydrogen) atoms. The van der Waals surface area contributed by atoms with Crippen LogP contribution in [-0.4, -0.2) is 23.3 Å². The van der Waals surface area contributed by atoms with Crippen molar-refractivity contribution in [3.8, 4) is 6.07 Å². The van der Waals surface area contributed by atoms with E-state index in [1.54, 1.807) is 17.6 Å². The molecule has 0 fully saturated rings. The van der Waals surface area contributed by atoms with Crippen molar-refractivity contribution >= 4 is 34.8 Å². The van der Waals surface area contributed by atoms with Gasteiger partial charge in [0.05, 0.1) is 0 Å². The van der Waals surface area contributed by atoms with E-state index >= 15 is 0 Å². The molecule has 1 heterocycles. The number of aromatic nitrogens is 1. The molecule has 1 amide bonds. The molecule has 0 atom stereocenters. The maximum absolute atomic E-state index is 11.9. The zero-order valence-corrected chi connectivity index (χ0v) is 9.39. The average Bonchev–Trinajstić information content (AvgIpc) is 2.59. The zero-order chi connectivity index (χ0) is 12.3. The summed E-state index contributed by atoms with van der Waals surface area (Å²) in [4.78, 5) is 14.2. The Balaban J connectivity index is 2.94. The van der Waals surface area contributed by atoms with Crippen molar-refractivity contribution in [3.05, 3.63) is 4.88 Å². The first-order valence-electron chi connectivity index (χ1n) is 3.71. The summed E-state index contributed by atoms with van der Waals surface area (Å²) >= 11 is 2.10. The highest BCUT2D eigenvalue weighted by atomic mass is 32.2. The normalized spacial score (nSPS) is 10.9. The third-order valence-electron chi connectivity index (χ3n) is 1.37. The lowest BCUT2D eigenvalue weighted by Gasteiger charge is -2.04. The number of halogens is 3. The number of thiazole rings is 1. The Labute approximate surface area is 96.5 Å². The quantitative estimate of drug-likeness (QED) is 0.834. The molecule has 1 aromatic heterocycles. The van der Waals surface area contributed by atoms with Crippen molar-refractivity contribution in [1.29, 1.82) is 5.26 Å². The number of alkyl halides is 3. The lowest BCUT2D eigenvalue weighted by atomic mass is 10.5. The summed E-state index contributed by atoms with van der Waals surface area (Å²) in [6.45, 7) is 0. The molecule has 1 rings (SSSR count). The van der Waals surface area contributed by atoms with Gasteiger partial charge in [-0.15, -0.1) is 0 Å². The zero-order valence-electron chi connectivity index (χ0n) is 7.75. The van der Waals surface area contributed by atoms with Crippen LogP contribution in [0.25, 0.3) is 0 Å². The van der Waals surface area contributed by atoms with Crippen molar-refractivity contribution in [2.45, 2.75) is 10.5 Å². The number of amides is 1. The van der Waals surface area contributed by atoms with Crippen molar-refractivity contribution in [2.75, 3.05) is 11.6 Å². The van der Waals surface area contributed by atoms with E-state index in [2.05, 4.69) is 4.98 Å². The van der Waals surface area contributed by atoms with Gasteiger partial charge in [-0.25, -0.2) is 4.98 Å². The molecule has 0 aromatic carbocycles. The van der Waals surface area contributed by atoms with Crippen LogP contribution in [0.15, 0.2) is 4.34 Å². The molecule has 0 bridgehead atoms. The molecule has 4 nitrogen and oxygen atoms in total. The maximum atomic E-state index is 11.9. The highest BCUT2D eigenvalue weighted by Gasteiger charge is 2.39. The molecule has 86 valence electrons. The third kappa shape index (κ3) is 2.86. The van der Waals surface area contributed by atoms with Crippen LogP contribution in [0.5, 0.6) is 0 Å². The molecule has 1 N–H and O–H groups in total. The summed E-state index contributed by atoms with van der Waals surface area (Å²) in [5.74, 6) is -2.49. The van der Waals surface area contributed by atoms with E-state index in [-0.39, 0.29) is 10.7 Å². The molecule has 0 unspecified atom stereocenters. The van der Waals surface area contributed by atoms with E-state index < -0.39 is 12.1 Å². The molecule has 0 saturated carbocycles. The van der Waals surface area contributed by atoms with Gasteiger partial charge >= 0.3 is 12.1 Å². The Morgan fingerprint density at radius 2 is 2.25 bits per heavy atom. The van der Waals surface area contributed by atoms with E-state index in [1.165, 1.54) is 11.8 Å². The van der Waals surface area contributed by atoms with E-state index in [4.69, 9.17) is 5.26 Å².